The molecule has 5 heteroatoms. The zero-order valence-corrected chi connectivity index (χ0v) is 22.4. The normalized spacial score (nSPS) is 11.0. The molecule has 4 aromatic carbocycles. The lowest BCUT2D eigenvalue weighted by atomic mass is 9.95. The third-order valence-corrected chi connectivity index (χ3v) is 7.19. The first-order valence-corrected chi connectivity index (χ1v) is 13.5. The molecule has 0 bridgehead atoms. The van der Waals surface area contributed by atoms with E-state index in [1.807, 2.05) is 36.4 Å². The molecule has 3 aromatic heterocycles. The van der Waals surface area contributed by atoms with Gasteiger partial charge in [0.2, 0.25) is 0 Å². The van der Waals surface area contributed by atoms with E-state index in [1.54, 1.807) is 12.4 Å². The van der Waals surface area contributed by atoms with Crippen LogP contribution in [0, 0.1) is 6.92 Å². The van der Waals surface area contributed by atoms with E-state index in [1.165, 1.54) is 27.5 Å². The highest BCUT2D eigenvalue weighted by molar-refractivity contribution is 5.87. The molecule has 0 unspecified atom stereocenters. The number of pyridine rings is 2. The molecule has 3 heterocycles. The van der Waals surface area contributed by atoms with Crippen molar-refractivity contribution in [2.75, 3.05) is 0 Å². The van der Waals surface area contributed by atoms with E-state index >= 15 is 0 Å². The minimum Gasteiger partial charge on any atom is -0.253 e. The molecule has 0 spiro atoms. The molecule has 0 radical (unpaired) electrons. The lowest BCUT2D eigenvalue weighted by molar-refractivity contribution is 1.05. The van der Waals surface area contributed by atoms with E-state index in [9.17, 15) is 0 Å². The van der Waals surface area contributed by atoms with Gasteiger partial charge in [-0.05, 0) is 81.9 Å². The number of hydrogen-bond donors (Lipinski definition) is 0. The molecular weight excluding hydrogens is 502 g/mol. The summed E-state index contributed by atoms with van der Waals surface area (Å²) in [6.07, 6.45) is 3.48. The summed E-state index contributed by atoms with van der Waals surface area (Å²) < 4.78 is 0. The van der Waals surface area contributed by atoms with Gasteiger partial charge < -0.3 is 0 Å². The summed E-state index contributed by atoms with van der Waals surface area (Å²) in [6, 6.07) is 41.6. The predicted octanol–water partition coefficient (Wildman–Crippen LogP) is 8.46. The summed E-state index contributed by atoms with van der Waals surface area (Å²) in [5.41, 5.74) is 8.17. The zero-order chi connectivity index (χ0) is 27.6. The molecule has 7 rings (SSSR count). The third-order valence-electron chi connectivity index (χ3n) is 7.19. The van der Waals surface area contributed by atoms with Gasteiger partial charge in [0.1, 0.15) is 11.4 Å². The molecule has 41 heavy (non-hydrogen) atoms. The lowest BCUT2D eigenvalue weighted by Gasteiger charge is -2.11. The summed E-state index contributed by atoms with van der Waals surface area (Å²) in [7, 11) is 0. The first-order valence-electron chi connectivity index (χ1n) is 13.5. The van der Waals surface area contributed by atoms with Gasteiger partial charge in [-0.1, -0.05) is 84.9 Å². The summed E-state index contributed by atoms with van der Waals surface area (Å²) in [5, 5.41) is 2.50. The fourth-order valence-corrected chi connectivity index (χ4v) is 5.06. The Bertz CT molecular complexity index is 1930. The smallest absolute Gasteiger partial charge is 0.182 e. The third kappa shape index (κ3) is 4.97. The Morgan fingerprint density at radius 3 is 1.61 bits per heavy atom. The second-order valence-corrected chi connectivity index (χ2v) is 9.91. The van der Waals surface area contributed by atoms with Crippen molar-refractivity contribution in [3.05, 3.63) is 139 Å². The van der Waals surface area contributed by atoms with Crippen LogP contribution in [0.3, 0.4) is 0 Å². The van der Waals surface area contributed by atoms with Crippen LogP contribution in [0.25, 0.3) is 67.5 Å². The Morgan fingerprint density at radius 2 is 0.976 bits per heavy atom. The highest BCUT2D eigenvalue weighted by Gasteiger charge is 2.14. The number of hydrogen-bond acceptors (Lipinski definition) is 5. The highest BCUT2D eigenvalue weighted by Crippen LogP contribution is 2.31. The molecule has 0 saturated heterocycles. The van der Waals surface area contributed by atoms with Crippen LogP contribution >= 0.6 is 0 Å². The maximum absolute atomic E-state index is 4.80. The van der Waals surface area contributed by atoms with Crippen molar-refractivity contribution in [2.45, 2.75) is 6.92 Å². The maximum Gasteiger partial charge on any atom is 0.182 e. The number of aryl methyl sites for hydroxylation is 1. The van der Waals surface area contributed by atoms with Crippen molar-refractivity contribution in [3.8, 4) is 56.7 Å². The first kappa shape index (κ1) is 24.5. The van der Waals surface area contributed by atoms with Crippen LogP contribution in [0.1, 0.15) is 5.56 Å². The van der Waals surface area contributed by atoms with Gasteiger partial charge in [0.25, 0.3) is 0 Å². The molecule has 0 aliphatic carbocycles. The average molecular weight is 528 g/mol. The number of fused-ring (bicyclic) bond motifs is 1. The molecular formula is C36H25N5. The minimum atomic E-state index is 0.516. The fourth-order valence-electron chi connectivity index (χ4n) is 5.06. The molecule has 0 atom stereocenters. The van der Waals surface area contributed by atoms with Crippen LogP contribution in [-0.2, 0) is 0 Å². The van der Waals surface area contributed by atoms with Crippen LogP contribution < -0.4 is 0 Å². The molecule has 0 N–H and O–H groups in total. The number of nitrogens with zero attached hydrogens (tertiary/aromatic N) is 5. The van der Waals surface area contributed by atoms with Crippen molar-refractivity contribution < 1.29 is 0 Å². The second-order valence-electron chi connectivity index (χ2n) is 9.91. The summed E-state index contributed by atoms with van der Waals surface area (Å²) >= 11 is 0. The Balaban J connectivity index is 1.23. The lowest BCUT2D eigenvalue weighted by Crippen LogP contribution is -2.02. The molecule has 5 nitrogen and oxygen atoms in total. The Morgan fingerprint density at radius 1 is 0.415 bits per heavy atom. The van der Waals surface area contributed by atoms with Crippen molar-refractivity contribution in [3.63, 3.8) is 0 Å². The molecule has 194 valence electrons. The summed E-state index contributed by atoms with van der Waals surface area (Å²) in [4.78, 5) is 23.2. The highest BCUT2D eigenvalue weighted by atomic mass is 15.1. The Labute approximate surface area is 238 Å². The first-order chi connectivity index (χ1) is 20.2. The van der Waals surface area contributed by atoms with Crippen LogP contribution in [0.4, 0.5) is 0 Å². The van der Waals surface area contributed by atoms with Crippen LogP contribution in [0.2, 0.25) is 0 Å². The predicted molar refractivity (Wildman–Crippen MR) is 165 cm³/mol. The minimum absolute atomic E-state index is 0.516. The van der Waals surface area contributed by atoms with Crippen molar-refractivity contribution in [1.82, 2.24) is 24.9 Å². The van der Waals surface area contributed by atoms with E-state index < -0.39 is 0 Å². The van der Waals surface area contributed by atoms with Crippen molar-refractivity contribution in [1.29, 1.82) is 0 Å². The molecule has 0 amide bonds. The van der Waals surface area contributed by atoms with Gasteiger partial charge in [-0.25, -0.2) is 15.0 Å². The molecule has 0 aliphatic heterocycles. The van der Waals surface area contributed by atoms with Crippen LogP contribution in [0.15, 0.2) is 134 Å². The molecule has 0 fully saturated rings. The fraction of sp³-hybridized carbons (Fsp3) is 0.0278. The van der Waals surface area contributed by atoms with Crippen molar-refractivity contribution >= 4 is 10.8 Å². The number of aromatic nitrogens is 5. The SMILES string of the molecule is Cc1cc(-c2nc(-c3ccccn3)nc(-c3ccccn3)n2)ccc1-c1ccc(-c2ccc3ccccc3c2)cc1. The summed E-state index contributed by atoms with van der Waals surface area (Å²) in [6.45, 7) is 2.12. The Hall–Kier alpha value is -5.55. The average Bonchev–Trinajstić information content (AvgIpc) is 3.05. The van der Waals surface area contributed by atoms with Gasteiger partial charge in [-0.2, -0.15) is 0 Å². The quantitative estimate of drug-likeness (QED) is 0.225. The van der Waals surface area contributed by atoms with Crippen LogP contribution in [0.5, 0.6) is 0 Å². The van der Waals surface area contributed by atoms with Gasteiger partial charge in [0, 0.05) is 18.0 Å². The molecule has 7 aromatic rings. The van der Waals surface area contributed by atoms with E-state index in [-0.39, 0.29) is 0 Å². The van der Waals surface area contributed by atoms with E-state index in [4.69, 9.17) is 9.97 Å². The summed E-state index contributed by atoms with van der Waals surface area (Å²) in [5.74, 6) is 1.62. The molecule has 0 aliphatic rings. The largest absolute Gasteiger partial charge is 0.253 e. The van der Waals surface area contributed by atoms with E-state index in [0.29, 0.717) is 28.9 Å². The van der Waals surface area contributed by atoms with E-state index in [0.717, 1.165) is 16.7 Å². The van der Waals surface area contributed by atoms with Gasteiger partial charge in [-0.3, -0.25) is 9.97 Å². The van der Waals surface area contributed by atoms with Gasteiger partial charge in [-0.15, -0.1) is 0 Å². The van der Waals surface area contributed by atoms with Crippen LogP contribution in [-0.4, -0.2) is 24.9 Å². The maximum atomic E-state index is 4.80. The topological polar surface area (TPSA) is 64.5 Å². The number of rotatable bonds is 5. The van der Waals surface area contributed by atoms with Crippen molar-refractivity contribution in [2.24, 2.45) is 0 Å². The number of benzene rings is 4. The zero-order valence-electron chi connectivity index (χ0n) is 22.4. The molecule has 0 saturated carbocycles. The monoisotopic (exact) mass is 527 g/mol. The van der Waals surface area contributed by atoms with E-state index in [2.05, 4.69) is 107 Å². The standard InChI is InChI=1S/C36H25N5/c1-24-22-30(34-39-35(32-10-4-6-20-37-32)41-36(40-34)33-11-5-7-21-38-33)18-19-31(24)27-15-12-26(13-16-27)29-17-14-25-8-2-3-9-28(25)23-29/h2-23H,1H3. The van der Waals surface area contributed by atoms with Gasteiger partial charge in [0.05, 0.1) is 0 Å². The second kappa shape index (κ2) is 10.5. The van der Waals surface area contributed by atoms with Gasteiger partial charge in [0.15, 0.2) is 17.5 Å². The van der Waals surface area contributed by atoms with Gasteiger partial charge >= 0.3 is 0 Å². The Kier molecular flexibility index (Phi) is 6.30.